The Labute approximate surface area is 109 Å². The molecule has 90 valence electrons. The summed E-state index contributed by atoms with van der Waals surface area (Å²) in [6.07, 6.45) is 0. The molecule has 0 aliphatic rings. The van der Waals surface area contributed by atoms with Gasteiger partial charge in [0, 0.05) is 18.1 Å². The minimum Gasteiger partial charge on any atom is -0.439 e. The van der Waals surface area contributed by atoms with E-state index in [2.05, 4.69) is 21.0 Å². The summed E-state index contributed by atoms with van der Waals surface area (Å²) >= 11 is 3.38. The molecule has 2 N–H and O–H groups in total. The number of nitrogens with zero attached hydrogens (tertiary/aromatic N) is 2. The number of ether oxygens (including phenoxy) is 1. The molecule has 0 aliphatic carbocycles. The first-order chi connectivity index (χ1) is 8.11. The SMILES string of the molecule is Cc1nn(C)c(Oc2ccc(Br)cc2)c1CN. The van der Waals surface area contributed by atoms with Crippen LogP contribution < -0.4 is 10.5 Å². The minimum atomic E-state index is 0.422. The van der Waals surface area contributed by atoms with Crippen molar-refractivity contribution in [2.24, 2.45) is 12.8 Å². The predicted octanol–water partition coefficient (Wildman–Crippen LogP) is 2.74. The average molecular weight is 296 g/mol. The van der Waals surface area contributed by atoms with Gasteiger partial charge in [0.1, 0.15) is 5.75 Å². The van der Waals surface area contributed by atoms with E-state index in [-0.39, 0.29) is 0 Å². The summed E-state index contributed by atoms with van der Waals surface area (Å²) in [5.74, 6) is 1.47. The van der Waals surface area contributed by atoms with E-state index in [1.54, 1.807) is 4.68 Å². The summed E-state index contributed by atoms with van der Waals surface area (Å²) in [5.41, 5.74) is 7.55. The molecule has 0 atom stereocenters. The van der Waals surface area contributed by atoms with Gasteiger partial charge in [0.25, 0.3) is 0 Å². The number of rotatable bonds is 3. The van der Waals surface area contributed by atoms with Crippen LogP contribution in [0.1, 0.15) is 11.3 Å². The zero-order valence-electron chi connectivity index (χ0n) is 9.77. The molecule has 1 heterocycles. The maximum Gasteiger partial charge on any atom is 0.222 e. The van der Waals surface area contributed by atoms with Gasteiger partial charge in [-0.2, -0.15) is 5.10 Å². The number of aryl methyl sites for hydroxylation is 2. The topological polar surface area (TPSA) is 53.1 Å². The number of aromatic nitrogens is 2. The van der Waals surface area contributed by atoms with Crippen molar-refractivity contribution in [3.05, 3.63) is 40.0 Å². The molecule has 2 aromatic rings. The van der Waals surface area contributed by atoms with E-state index in [4.69, 9.17) is 10.5 Å². The largest absolute Gasteiger partial charge is 0.439 e. The van der Waals surface area contributed by atoms with Crippen molar-refractivity contribution < 1.29 is 4.74 Å². The maximum atomic E-state index is 5.81. The summed E-state index contributed by atoms with van der Waals surface area (Å²) in [6, 6.07) is 7.65. The quantitative estimate of drug-likeness (QED) is 0.947. The Hall–Kier alpha value is -1.33. The van der Waals surface area contributed by atoms with E-state index in [0.717, 1.165) is 21.5 Å². The Kier molecular flexibility index (Phi) is 3.49. The Morgan fingerprint density at radius 3 is 2.59 bits per heavy atom. The van der Waals surface area contributed by atoms with Crippen molar-refractivity contribution in [1.29, 1.82) is 0 Å². The lowest BCUT2D eigenvalue weighted by Gasteiger charge is -2.07. The van der Waals surface area contributed by atoms with Crippen LogP contribution in [-0.4, -0.2) is 9.78 Å². The summed E-state index contributed by atoms with van der Waals surface area (Å²) in [4.78, 5) is 0. The van der Waals surface area contributed by atoms with E-state index in [1.807, 2.05) is 38.2 Å². The van der Waals surface area contributed by atoms with Crippen LogP contribution in [0.4, 0.5) is 0 Å². The van der Waals surface area contributed by atoms with Crippen LogP contribution in [0.15, 0.2) is 28.7 Å². The second kappa shape index (κ2) is 4.89. The first-order valence-electron chi connectivity index (χ1n) is 5.27. The van der Waals surface area contributed by atoms with Crippen molar-refractivity contribution in [1.82, 2.24) is 9.78 Å². The van der Waals surface area contributed by atoms with Gasteiger partial charge in [-0.15, -0.1) is 0 Å². The molecule has 1 aromatic carbocycles. The number of halogens is 1. The molecule has 5 heteroatoms. The number of hydrogen-bond acceptors (Lipinski definition) is 3. The molecule has 0 bridgehead atoms. The maximum absolute atomic E-state index is 5.81. The lowest BCUT2D eigenvalue weighted by Crippen LogP contribution is -2.01. The Bertz CT molecular complexity index is 519. The van der Waals surface area contributed by atoms with Gasteiger partial charge in [-0.3, -0.25) is 0 Å². The fourth-order valence-corrected chi connectivity index (χ4v) is 1.92. The van der Waals surface area contributed by atoms with Crippen molar-refractivity contribution in [3.8, 4) is 11.6 Å². The lowest BCUT2D eigenvalue weighted by molar-refractivity contribution is 0.426. The normalized spacial score (nSPS) is 10.6. The summed E-state index contributed by atoms with van der Waals surface area (Å²) in [5, 5.41) is 4.30. The second-order valence-electron chi connectivity index (χ2n) is 3.75. The third-order valence-electron chi connectivity index (χ3n) is 2.52. The van der Waals surface area contributed by atoms with Gasteiger partial charge in [0.05, 0.1) is 11.3 Å². The van der Waals surface area contributed by atoms with Gasteiger partial charge in [-0.05, 0) is 31.2 Å². The molecule has 0 saturated carbocycles. The first-order valence-corrected chi connectivity index (χ1v) is 6.07. The van der Waals surface area contributed by atoms with Crippen LogP contribution in [0.25, 0.3) is 0 Å². The van der Waals surface area contributed by atoms with E-state index in [9.17, 15) is 0 Å². The summed E-state index contributed by atoms with van der Waals surface area (Å²) in [7, 11) is 1.85. The van der Waals surface area contributed by atoms with Crippen LogP contribution in [0.3, 0.4) is 0 Å². The van der Waals surface area contributed by atoms with Crippen molar-refractivity contribution in [2.45, 2.75) is 13.5 Å². The molecule has 0 spiro atoms. The molecule has 0 radical (unpaired) electrons. The van der Waals surface area contributed by atoms with Gasteiger partial charge in [-0.1, -0.05) is 15.9 Å². The van der Waals surface area contributed by atoms with Gasteiger partial charge >= 0.3 is 0 Å². The highest BCUT2D eigenvalue weighted by molar-refractivity contribution is 9.10. The number of hydrogen-bond donors (Lipinski definition) is 1. The average Bonchev–Trinajstić information content (AvgIpc) is 2.57. The van der Waals surface area contributed by atoms with Crippen molar-refractivity contribution in [2.75, 3.05) is 0 Å². The highest BCUT2D eigenvalue weighted by atomic mass is 79.9. The van der Waals surface area contributed by atoms with E-state index in [1.165, 1.54) is 0 Å². The van der Waals surface area contributed by atoms with Gasteiger partial charge < -0.3 is 10.5 Å². The second-order valence-corrected chi connectivity index (χ2v) is 4.67. The fraction of sp³-hybridized carbons (Fsp3) is 0.250. The molecule has 2 rings (SSSR count). The van der Waals surface area contributed by atoms with Crippen LogP contribution in [0.5, 0.6) is 11.6 Å². The van der Waals surface area contributed by atoms with Crippen LogP contribution in [-0.2, 0) is 13.6 Å². The number of benzene rings is 1. The van der Waals surface area contributed by atoms with Gasteiger partial charge in [-0.25, -0.2) is 4.68 Å². The number of nitrogens with two attached hydrogens (primary N) is 1. The highest BCUT2D eigenvalue weighted by Crippen LogP contribution is 2.27. The van der Waals surface area contributed by atoms with Gasteiger partial charge in [0.2, 0.25) is 5.88 Å². The zero-order valence-corrected chi connectivity index (χ0v) is 11.4. The summed E-state index contributed by atoms with van der Waals surface area (Å²) < 4.78 is 8.53. The molecule has 0 amide bonds. The van der Waals surface area contributed by atoms with E-state index < -0.39 is 0 Å². The van der Waals surface area contributed by atoms with Crippen LogP contribution in [0.2, 0.25) is 0 Å². The Morgan fingerprint density at radius 1 is 1.35 bits per heavy atom. The van der Waals surface area contributed by atoms with Crippen LogP contribution in [0, 0.1) is 6.92 Å². The van der Waals surface area contributed by atoms with Crippen molar-refractivity contribution >= 4 is 15.9 Å². The molecule has 0 fully saturated rings. The lowest BCUT2D eigenvalue weighted by atomic mass is 10.2. The highest BCUT2D eigenvalue weighted by Gasteiger charge is 2.13. The molecule has 1 aromatic heterocycles. The zero-order chi connectivity index (χ0) is 12.4. The molecule has 0 saturated heterocycles. The minimum absolute atomic E-state index is 0.422. The van der Waals surface area contributed by atoms with Crippen LogP contribution >= 0.6 is 15.9 Å². The molecule has 0 unspecified atom stereocenters. The Balaban J connectivity index is 2.32. The van der Waals surface area contributed by atoms with E-state index >= 15 is 0 Å². The standard InChI is InChI=1S/C12H14BrN3O/c1-8-11(7-14)12(16(2)15-8)17-10-5-3-9(13)4-6-10/h3-6H,7,14H2,1-2H3. The smallest absolute Gasteiger partial charge is 0.222 e. The molecule has 17 heavy (non-hydrogen) atoms. The first kappa shape index (κ1) is 12.1. The summed E-state index contributed by atoms with van der Waals surface area (Å²) in [6.45, 7) is 2.35. The predicted molar refractivity (Wildman–Crippen MR) is 70.1 cm³/mol. The molecular weight excluding hydrogens is 282 g/mol. The monoisotopic (exact) mass is 295 g/mol. The third-order valence-corrected chi connectivity index (χ3v) is 3.05. The molecule has 0 aliphatic heterocycles. The Morgan fingerprint density at radius 2 is 2.00 bits per heavy atom. The molecule has 4 nitrogen and oxygen atoms in total. The van der Waals surface area contributed by atoms with Crippen molar-refractivity contribution in [3.63, 3.8) is 0 Å². The van der Waals surface area contributed by atoms with E-state index in [0.29, 0.717) is 12.4 Å². The molecular formula is C12H14BrN3O. The third kappa shape index (κ3) is 2.50. The van der Waals surface area contributed by atoms with Gasteiger partial charge in [0.15, 0.2) is 0 Å². The fourth-order valence-electron chi connectivity index (χ4n) is 1.66.